The molecule has 150 valence electrons. The Balaban J connectivity index is 1.66. The van der Waals surface area contributed by atoms with E-state index >= 15 is 0 Å². The maximum absolute atomic E-state index is 12.9. The van der Waals surface area contributed by atoms with Gasteiger partial charge in [-0.15, -0.1) is 0 Å². The molecule has 2 aromatic rings. The van der Waals surface area contributed by atoms with Crippen LogP contribution in [0.4, 0.5) is 0 Å². The summed E-state index contributed by atoms with van der Waals surface area (Å²) in [6.45, 7) is 3.31. The number of carbonyl (C=O) groups is 1. The Labute approximate surface area is 166 Å². The quantitative estimate of drug-likeness (QED) is 0.773. The van der Waals surface area contributed by atoms with Crippen LogP contribution in [0.1, 0.15) is 34.3 Å². The molecule has 0 aromatic heterocycles. The molecule has 6 nitrogen and oxygen atoms in total. The molecule has 1 heterocycles. The second-order valence-electron chi connectivity index (χ2n) is 6.95. The number of methoxy groups -OCH3 is 1. The summed E-state index contributed by atoms with van der Waals surface area (Å²) in [5.74, 6) is 0.519. The van der Waals surface area contributed by atoms with E-state index in [0.29, 0.717) is 37.2 Å². The smallest absolute Gasteiger partial charge is 0.251 e. The van der Waals surface area contributed by atoms with Gasteiger partial charge in [-0.1, -0.05) is 18.2 Å². The minimum absolute atomic E-state index is 0.220. The van der Waals surface area contributed by atoms with Crippen LogP contribution in [0.15, 0.2) is 47.4 Å². The Bertz CT molecular complexity index is 933. The van der Waals surface area contributed by atoms with Crippen molar-refractivity contribution in [3.8, 4) is 5.75 Å². The van der Waals surface area contributed by atoms with Gasteiger partial charge in [-0.2, -0.15) is 4.31 Å². The van der Waals surface area contributed by atoms with Crippen LogP contribution in [0.3, 0.4) is 0 Å². The van der Waals surface area contributed by atoms with Gasteiger partial charge in [0, 0.05) is 25.2 Å². The zero-order valence-corrected chi connectivity index (χ0v) is 17.1. The first-order valence-electron chi connectivity index (χ1n) is 9.44. The third-order valence-corrected chi connectivity index (χ3v) is 7.03. The fourth-order valence-corrected chi connectivity index (χ4v) is 5.07. The lowest BCUT2D eigenvalue weighted by Crippen LogP contribution is -2.29. The van der Waals surface area contributed by atoms with Gasteiger partial charge in [0.15, 0.2) is 0 Å². The van der Waals surface area contributed by atoms with Crippen LogP contribution in [-0.2, 0) is 16.4 Å². The summed E-state index contributed by atoms with van der Waals surface area (Å²) in [5, 5.41) is 2.87. The first-order chi connectivity index (χ1) is 13.4. The van der Waals surface area contributed by atoms with E-state index < -0.39 is 10.0 Å². The molecule has 1 saturated heterocycles. The van der Waals surface area contributed by atoms with Gasteiger partial charge in [0.1, 0.15) is 5.75 Å². The fourth-order valence-electron chi connectivity index (χ4n) is 3.30. The molecule has 1 aliphatic heterocycles. The molecule has 2 aromatic carbocycles. The van der Waals surface area contributed by atoms with Crippen LogP contribution in [-0.4, -0.2) is 45.4 Å². The van der Waals surface area contributed by atoms with Crippen molar-refractivity contribution in [1.29, 1.82) is 0 Å². The lowest BCUT2D eigenvalue weighted by Gasteiger charge is -2.18. The maximum atomic E-state index is 12.9. The molecule has 0 atom stereocenters. The molecule has 1 N–H and O–H groups in total. The van der Waals surface area contributed by atoms with E-state index in [1.165, 1.54) is 10.4 Å². The summed E-state index contributed by atoms with van der Waals surface area (Å²) >= 11 is 0. The van der Waals surface area contributed by atoms with Crippen LogP contribution in [0, 0.1) is 6.92 Å². The highest BCUT2D eigenvalue weighted by Crippen LogP contribution is 2.24. The number of sulfonamides is 1. The lowest BCUT2D eigenvalue weighted by atomic mass is 10.1. The third-order valence-electron chi connectivity index (χ3n) is 4.99. The first-order valence-corrected chi connectivity index (χ1v) is 10.9. The number of ether oxygens (including phenoxy) is 1. The highest BCUT2D eigenvalue weighted by Gasteiger charge is 2.29. The normalized spacial score (nSPS) is 14.8. The van der Waals surface area contributed by atoms with E-state index in [9.17, 15) is 13.2 Å². The van der Waals surface area contributed by atoms with Crippen molar-refractivity contribution in [3.05, 3.63) is 59.2 Å². The van der Waals surface area contributed by atoms with E-state index in [1.807, 2.05) is 24.3 Å². The fraction of sp³-hybridized carbons (Fsp3) is 0.381. The van der Waals surface area contributed by atoms with E-state index in [-0.39, 0.29) is 10.8 Å². The van der Waals surface area contributed by atoms with Crippen molar-refractivity contribution in [2.24, 2.45) is 0 Å². The summed E-state index contributed by atoms with van der Waals surface area (Å²) in [6, 6.07) is 12.5. The molecule has 3 rings (SSSR count). The number of nitrogens with one attached hydrogen (secondary N) is 1. The van der Waals surface area contributed by atoms with E-state index in [0.717, 1.165) is 24.2 Å². The van der Waals surface area contributed by atoms with E-state index in [1.54, 1.807) is 26.2 Å². The number of aryl methyl sites for hydroxylation is 1. The zero-order chi connectivity index (χ0) is 20.1. The standard InChI is InChI=1S/C21H26N2O4S/c1-16-5-8-18(15-20(16)28(25,26)23-13-3-4-14-23)21(24)22-12-11-17-6-9-19(27-2)10-7-17/h5-10,15H,3-4,11-14H2,1-2H3,(H,22,24). The second kappa shape index (κ2) is 8.75. The summed E-state index contributed by atoms with van der Waals surface area (Å²) in [7, 11) is -1.93. The Morgan fingerprint density at radius 3 is 2.43 bits per heavy atom. The summed E-state index contributed by atoms with van der Waals surface area (Å²) in [4.78, 5) is 12.7. The highest BCUT2D eigenvalue weighted by atomic mass is 32.2. The van der Waals surface area contributed by atoms with Crippen LogP contribution in [0.5, 0.6) is 5.75 Å². The van der Waals surface area contributed by atoms with Crippen molar-refractivity contribution in [2.75, 3.05) is 26.7 Å². The lowest BCUT2D eigenvalue weighted by molar-refractivity contribution is 0.0954. The molecule has 0 radical (unpaired) electrons. The van der Waals surface area contributed by atoms with Crippen LogP contribution >= 0.6 is 0 Å². The average molecular weight is 403 g/mol. The molecular weight excluding hydrogens is 376 g/mol. The summed E-state index contributed by atoms with van der Waals surface area (Å²) in [5.41, 5.74) is 2.10. The van der Waals surface area contributed by atoms with Gasteiger partial charge < -0.3 is 10.1 Å². The number of nitrogens with zero attached hydrogens (tertiary/aromatic N) is 1. The van der Waals surface area contributed by atoms with Crippen LogP contribution < -0.4 is 10.1 Å². The minimum atomic E-state index is -3.55. The zero-order valence-electron chi connectivity index (χ0n) is 16.3. The molecule has 1 aliphatic rings. The molecule has 7 heteroatoms. The number of amides is 1. The molecule has 28 heavy (non-hydrogen) atoms. The van der Waals surface area contributed by atoms with Crippen LogP contribution in [0.25, 0.3) is 0 Å². The number of rotatable bonds is 7. The molecule has 0 unspecified atom stereocenters. The number of carbonyl (C=O) groups excluding carboxylic acids is 1. The van der Waals surface area contributed by atoms with Crippen LogP contribution in [0.2, 0.25) is 0 Å². The van der Waals surface area contributed by atoms with Crippen molar-refractivity contribution < 1.29 is 17.9 Å². The molecule has 1 fully saturated rings. The number of hydrogen-bond donors (Lipinski definition) is 1. The van der Waals surface area contributed by atoms with Gasteiger partial charge in [-0.3, -0.25) is 4.79 Å². The molecule has 0 spiro atoms. The van der Waals surface area contributed by atoms with Gasteiger partial charge >= 0.3 is 0 Å². The average Bonchev–Trinajstić information content (AvgIpc) is 3.24. The maximum Gasteiger partial charge on any atom is 0.251 e. The van der Waals surface area contributed by atoms with Crippen molar-refractivity contribution >= 4 is 15.9 Å². The Morgan fingerprint density at radius 1 is 1.11 bits per heavy atom. The molecule has 1 amide bonds. The van der Waals surface area contributed by atoms with Gasteiger partial charge in [0.25, 0.3) is 5.91 Å². The Morgan fingerprint density at radius 2 is 1.79 bits per heavy atom. The Hall–Kier alpha value is -2.38. The minimum Gasteiger partial charge on any atom is -0.497 e. The topological polar surface area (TPSA) is 75.7 Å². The largest absolute Gasteiger partial charge is 0.497 e. The van der Waals surface area contributed by atoms with Gasteiger partial charge in [-0.25, -0.2) is 8.42 Å². The molecule has 0 aliphatic carbocycles. The SMILES string of the molecule is COc1ccc(CCNC(=O)c2ccc(C)c(S(=O)(=O)N3CCCC3)c2)cc1. The molecule has 0 bridgehead atoms. The highest BCUT2D eigenvalue weighted by molar-refractivity contribution is 7.89. The van der Waals surface area contributed by atoms with E-state index in [2.05, 4.69) is 5.32 Å². The predicted octanol–water partition coefficient (Wildman–Crippen LogP) is 2.76. The number of benzene rings is 2. The van der Waals surface area contributed by atoms with Gasteiger partial charge in [0.2, 0.25) is 10.0 Å². The summed E-state index contributed by atoms with van der Waals surface area (Å²) < 4.78 is 32.4. The van der Waals surface area contributed by atoms with Gasteiger partial charge in [0.05, 0.1) is 12.0 Å². The predicted molar refractivity (Wildman–Crippen MR) is 108 cm³/mol. The van der Waals surface area contributed by atoms with Gasteiger partial charge in [-0.05, 0) is 61.6 Å². The van der Waals surface area contributed by atoms with Crippen molar-refractivity contribution in [1.82, 2.24) is 9.62 Å². The first kappa shape index (κ1) is 20.4. The second-order valence-corrected chi connectivity index (χ2v) is 8.85. The van der Waals surface area contributed by atoms with E-state index in [4.69, 9.17) is 4.74 Å². The summed E-state index contributed by atoms with van der Waals surface area (Å²) in [6.07, 6.45) is 2.44. The van der Waals surface area contributed by atoms with Crippen molar-refractivity contribution in [3.63, 3.8) is 0 Å². The van der Waals surface area contributed by atoms with Crippen molar-refractivity contribution in [2.45, 2.75) is 31.1 Å². The number of hydrogen-bond acceptors (Lipinski definition) is 4. The third kappa shape index (κ3) is 4.54. The Kier molecular flexibility index (Phi) is 6.36. The monoisotopic (exact) mass is 402 g/mol. The molecular formula is C21H26N2O4S. The molecule has 0 saturated carbocycles.